The van der Waals surface area contributed by atoms with Gasteiger partial charge in [-0.2, -0.15) is 0 Å². The summed E-state index contributed by atoms with van der Waals surface area (Å²) in [7, 11) is 0. The van der Waals surface area contributed by atoms with Crippen LogP contribution >= 0.6 is 0 Å². The Kier molecular flexibility index (Phi) is 6.51. The molecule has 2 N–H and O–H groups in total. The van der Waals surface area contributed by atoms with Gasteiger partial charge < -0.3 is 19.9 Å². The summed E-state index contributed by atoms with van der Waals surface area (Å²) in [5, 5.41) is 6.80. The lowest BCUT2D eigenvalue weighted by molar-refractivity contribution is 0.0526. The van der Waals surface area contributed by atoms with E-state index in [9.17, 15) is 14.4 Å². The number of amides is 2. The number of hydrogen-bond donors (Lipinski definition) is 2. The van der Waals surface area contributed by atoms with Crippen molar-refractivity contribution in [1.82, 2.24) is 4.57 Å². The highest BCUT2D eigenvalue weighted by Gasteiger charge is 2.12. The minimum Gasteiger partial charge on any atom is -0.462 e. The van der Waals surface area contributed by atoms with Crippen molar-refractivity contribution in [3.05, 3.63) is 70.6 Å². The van der Waals surface area contributed by atoms with Gasteiger partial charge in [0.1, 0.15) is 0 Å². The van der Waals surface area contributed by atoms with Crippen LogP contribution in [0.15, 0.2) is 59.5 Å². The number of fused-ring (bicyclic) bond motifs is 1. The van der Waals surface area contributed by atoms with Gasteiger partial charge in [0.2, 0.25) is 0 Å². The number of carbonyl (C=O) groups is 2. The van der Waals surface area contributed by atoms with Crippen LogP contribution in [0.1, 0.15) is 31.1 Å². The number of anilines is 2. The molecule has 7 heteroatoms. The Morgan fingerprint density at radius 2 is 1.67 bits per heavy atom. The van der Waals surface area contributed by atoms with Crippen LogP contribution in [0.5, 0.6) is 0 Å². The van der Waals surface area contributed by atoms with E-state index in [-0.39, 0.29) is 11.5 Å². The highest BCUT2D eigenvalue weighted by atomic mass is 16.5. The average Bonchev–Trinajstić information content (AvgIpc) is 2.72. The fourth-order valence-corrected chi connectivity index (χ4v) is 3.16. The number of nitrogens with one attached hydrogen (secondary N) is 2. The van der Waals surface area contributed by atoms with Gasteiger partial charge in [-0.3, -0.25) is 4.79 Å². The van der Waals surface area contributed by atoms with Crippen molar-refractivity contribution in [2.24, 2.45) is 5.92 Å². The zero-order valence-electron chi connectivity index (χ0n) is 17.3. The van der Waals surface area contributed by atoms with Gasteiger partial charge in [0.25, 0.3) is 5.56 Å². The predicted octanol–water partition coefficient (Wildman–Crippen LogP) is 4.48. The third-order valence-electron chi connectivity index (χ3n) is 4.46. The van der Waals surface area contributed by atoms with Crippen LogP contribution in [-0.2, 0) is 11.3 Å². The van der Waals surface area contributed by atoms with Gasteiger partial charge in [-0.25, -0.2) is 9.59 Å². The first-order chi connectivity index (χ1) is 14.4. The normalized spacial score (nSPS) is 10.8. The molecule has 0 aliphatic carbocycles. The number of carbonyl (C=O) groups excluding carboxylic acids is 2. The molecule has 0 aliphatic heterocycles. The van der Waals surface area contributed by atoms with E-state index in [1.807, 2.05) is 19.9 Å². The number of nitrogens with zero attached hydrogens (tertiary/aromatic N) is 1. The molecule has 0 fully saturated rings. The van der Waals surface area contributed by atoms with E-state index in [1.165, 1.54) is 0 Å². The SMILES string of the molecule is CCOC(=O)c1ccc(NC(=O)Nc2cn(CC(C)C)c(=O)c3ccccc23)cc1. The van der Waals surface area contributed by atoms with Crippen molar-refractivity contribution < 1.29 is 14.3 Å². The monoisotopic (exact) mass is 407 g/mol. The second-order valence-electron chi connectivity index (χ2n) is 7.32. The van der Waals surface area contributed by atoms with E-state index in [4.69, 9.17) is 4.74 Å². The molecule has 0 aliphatic rings. The highest BCUT2D eigenvalue weighted by molar-refractivity contribution is 6.06. The predicted molar refractivity (Wildman–Crippen MR) is 118 cm³/mol. The molecule has 1 heterocycles. The second-order valence-corrected chi connectivity index (χ2v) is 7.32. The number of hydrogen-bond acceptors (Lipinski definition) is 4. The molecular weight excluding hydrogens is 382 g/mol. The molecule has 0 saturated carbocycles. The summed E-state index contributed by atoms with van der Waals surface area (Å²) in [5.74, 6) is -0.129. The standard InChI is InChI=1S/C23H25N3O4/c1-4-30-22(28)16-9-11-17(12-10-16)24-23(29)25-20-14-26(13-15(2)3)21(27)19-8-6-5-7-18(19)20/h5-12,14-15H,4,13H2,1-3H3,(H2,24,25,29). The van der Waals surface area contributed by atoms with E-state index in [0.717, 1.165) is 0 Å². The van der Waals surface area contributed by atoms with Crippen molar-refractivity contribution in [2.45, 2.75) is 27.3 Å². The van der Waals surface area contributed by atoms with Crippen LogP contribution in [0, 0.1) is 5.92 Å². The Bertz CT molecular complexity index is 1120. The van der Waals surface area contributed by atoms with Crippen LogP contribution in [0.4, 0.5) is 16.2 Å². The minimum atomic E-state index is -0.446. The first kappa shape index (κ1) is 21.1. The molecule has 0 atom stereocenters. The zero-order chi connectivity index (χ0) is 21.7. The molecule has 3 aromatic rings. The van der Waals surface area contributed by atoms with Gasteiger partial charge in [-0.1, -0.05) is 32.0 Å². The summed E-state index contributed by atoms with van der Waals surface area (Å²) >= 11 is 0. The van der Waals surface area contributed by atoms with Crippen molar-refractivity contribution >= 4 is 34.1 Å². The topological polar surface area (TPSA) is 89.4 Å². The maximum absolute atomic E-state index is 12.7. The van der Waals surface area contributed by atoms with Gasteiger partial charge in [0.05, 0.1) is 17.9 Å². The molecule has 0 unspecified atom stereocenters. The fourth-order valence-electron chi connectivity index (χ4n) is 3.16. The quantitative estimate of drug-likeness (QED) is 0.590. The minimum absolute atomic E-state index is 0.0835. The van der Waals surface area contributed by atoms with Crippen LogP contribution in [-0.4, -0.2) is 23.2 Å². The highest BCUT2D eigenvalue weighted by Crippen LogP contribution is 2.21. The molecule has 0 radical (unpaired) electrons. The van der Waals surface area contributed by atoms with E-state index in [2.05, 4.69) is 10.6 Å². The largest absolute Gasteiger partial charge is 0.462 e. The third kappa shape index (κ3) is 4.86. The second kappa shape index (κ2) is 9.26. The van der Waals surface area contributed by atoms with Gasteiger partial charge in [0.15, 0.2) is 0 Å². The number of aromatic nitrogens is 1. The van der Waals surface area contributed by atoms with E-state index in [1.54, 1.807) is 60.2 Å². The summed E-state index contributed by atoms with van der Waals surface area (Å²) in [6.45, 7) is 6.65. The number of urea groups is 1. The molecule has 7 nitrogen and oxygen atoms in total. The number of benzene rings is 2. The Labute approximate surface area is 174 Å². The molecule has 2 amide bonds. The molecule has 3 rings (SSSR count). The summed E-state index contributed by atoms with van der Waals surface area (Å²) in [5.41, 5.74) is 1.40. The lowest BCUT2D eigenvalue weighted by Gasteiger charge is -2.15. The Hall–Kier alpha value is -3.61. The Morgan fingerprint density at radius 1 is 1.00 bits per heavy atom. The number of esters is 1. The molecule has 2 aromatic carbocycles. The summed E-state index contributed by atoms with van der Waals surface area (Å²) in [6, 6.07) is 13.2. The Balaban J connectivity index is 1.82. The summed E-state index contributed by atoms with van der Waals surface area (Å²) in [6.07, 6.45) is 1.67. The smallest absolute Gasteiger partial charge is 0.338 e. The van der Waals surface area contributed by atoms with Crippen molar-refractivity contribution in [3.63, 3.8) is 0 Å². The van der Waals surface area contributed by atoms with E-state index in [0.29, 0.717) is 40.9 Å². The molecule has 0 bridgehead atoms. The molecular formula is C23H25N3O4. The van der Waals surface area contributed by atoms with Gasteiger partial charge in [0, 0.05) is 29.2 Å². The number of pyridine rings is 1. The van der Waals surface area contributed by atoms with Crippen LogP contribution in [0.25, 0.3) is 10.8 Å². The summed E-state index contributed by atoms with van der Waals surface area (Å²) in [4.78, 5) is 37.0. The number of rotatable bonds is 6. The molecule has 156 valence electrons. The van der Waals surface area contributed by atoms with Gasteiger partial charge in [-0.15, -0.1) is 0 Å². The average molecular weight is 407 g/mol. The maximum Gasteiger partial charge on any atom is 0.338 e. The van der Waals surface area contributed by atoms with E-state index >= 15 is 0 Å². The molecule has 1 aromatic heterocycles. The molecule has 30 heavy (non-hydrogen) atoms. The zero-order valence-corrected chi connectivity index (χ0v) is 17.3. The van der Waals surface area contributed by atoms with Crippen molar-refractivity contribution in [2.75, 3.05) is 17.2 Å². The van der Waals surface area contributed by atoms with Crippen LogP contribution < -0.4 is 16.2 Å². The van der Waals surface area contributed by atoms with E-state index < -0.39 is 12.0 Å². The summed E-state index contributed by atoms with van der Waals surface area (Å²) < 4.78 is 6.57. The number of ether oxygens (including phenoxy) is 1. The third-order valence-corrected chi connectivity index (χ3v) is 4.46. The van der Waals surface area contributed by atoms with Crippen LogP contribution in [0.2, 0.25) is 0 Å². The first-order valence-corrected chi connectivity index (χ1v) is 9.86. The molecule has 0 saturated heterocycles. The van der Waals surface area contributed by atoms with Gasteiger partial charge >= 0.3 is 12.0 Å². The lowest BCUT2D eigenvalue weighted by atomic mass is 10.1. The van der Waals surface area contributed by atoms with Crippen molar-refractivity contribution in [3.8, 4) is 0 Å². The molecule has 0 spiro atoms. The maximum atomic E-state index is 12.7. The lowest BCUT2D eigenvalue weighted by Crippen LogP contribution is -2.25. The fraction of sp³-hybridized carbons (Fsp3) is 0.261. The van der Waals surface area contributed by atoms with Crippen molar-refractivity contribution in [1.29, 1.82) is 0 Å². The van der Waals surface area contributed by atoms with Crippen LogP contribution in [0.3, 0.4) is 0 Å². The Morgan fingerprint density at radius 3 is 2.30 bits per heavy atom. The van der Waals surface area contributed by atoms with Gasteiger partial charge in [-0.05, 0) is 43.2 Å². The first-order valence-electron chi connectivity index (χ1n) is 9.86.